The van der Waals surface area contributed by atoms with Crippen molar-refractivity contribution in [1.82, 2.24) is 15.1 Å². The van der Waals surface area contributed by atoms with Gasteiger partial charge in [-0.2, -0.15) is 5.10 Å². The van der Waals surface area contributed by atoms with Gasteiger partial charge in [0.15, 0.2) is 5.15 Å². The molecule has 2 aromatic heterocycles. The van der Waals surface area contributed by atoms with Crippen molar-refractivity contribution < 1.29 is 0 Å². The van der Waals surface area contributed by atoms with E-state index in [4.69, 9.17) is 11.6 Å². The third-order valence-electron chi connectivity index (χ3n) is 2.44. The highest BCUT2D eigenvalue weighted by Crippen LogP contribution is 2.10. The second-order valence-electron chi connectivity index (χ2n) is 3.91. The molecule has 5 heteroatoms. The maximum absolute atomic E-state index is 5.69. The minimum atomic E-state index is 0.440. The first-order valence-electron chi connectivity index (χ1n) is 5.43. The minimum absolute atomic E-state index is 0.440. The summed E-state index contributed by atoms with van der Waals surface area (Å²) < 4.78 is 0. The Labute approximate surface area is 110 Å². The highest BCUT2D eigenvalue weighted by molar-refractivity contribution is 7.09. The molecule has 0 aliphatic heterocycles. The third-order valence-corrected chi connectivity index (χ3v) is 3.58. The average Bonchev–Trinajstić information content (AvgIpc) is 2.83. The third kappa shape index (κ3) is 4.07. The molecule has 0 atom stereocenters. The standard InChI is InChI=1S/C12H14ClN3S/c1-16(7-6-11-3-2-8-17-11)9-10-4-5-12(13)15-14-10/h2-5,8H,6-7,9H2,1H3. The topological polar surface area (TPSA) is 29.0 Å². The van der Waals surface area contributed by atoms with Crippen LogP contribution in [0.4, 0.5) is 0 Å². The van der Waals surface area contributed by atoms with Crippen LogP contribution in [0.5, 0.6) is 0 Å². The number of thiophene rings is 1. The molecule has 0 radical (unpaired) electrons. The SMILES string of the molecule is CN(CCc1cccs1)Cc1ccc(Cl)nn1. The predicted molar refractivity (Wildman–Crippen MR) is 71.4 cm³/mol. The average molecular weight is 268 g/mol. The molecule has 3 nitrogen and oxygen atoms in total. The lowest BCUT2D eigenvalue weighted by molar-refractivity contribution is 0.326. The quantitative estimate of drug-likeness (QED) is 0.834. The normalized spacial score (nSPS) is 11.0. The number of likely N-dealkylation sites (N-methyl/N-ethyl adjacent to an activating group) is 1. The fourth-order valence-electron chi connectivity index (χ4n) is 1.54. The van der Waals surface area contributed by atoms with Crippen LogP contribution in [0.2, 0.25) is 5.15 Å². The summed E-state index contributed by atoms with van der Waals surface area (Å²) in [6.45, 7) is 1.82. The zero-order valence-corrected chi connectivity index (χ0v) is 11.2. The van der Waals surface area contributed by atoms with Gasteiger partial charge in [0.05, 0.1) is 5.69 Å². The summed E-state index contributed by atoms with van der Waals surface area (Å²) >= 11 is 7.49. The molecule has 0 bridgehead atoms. The smallest absolute Gasteiger partial charge is 0.151 e. The largest absolute Gasteiger partial charge is 0.300 e. The van der Waals surface area contributed by atoms with Gasteiger partial charge in [-0.05, 0) is 37.0 Å². The molecule has 0 saturated heterocycles. The molecule has 2 heterocycles. The van der Waals surface area contributed by atoms with Gasteiger partial charge in [0.2, 0.25) is 0 Å². The van der Waals surface area contributed by atoms with Gasteiger partial charge in [-0.15, -0.1) is 16.4 Å². The number of aromatic nitrogens is 2. The van der Waals surface area contributed by atoms with Crippen molar-refractivity contribution in [3.8, 4) is 0 Å². The lowest BCUT2D eigenvalue weighted by atomic mass is 10.3. The zero-order chi connectivity index (χ0) is 12.1. The summed E-state index contributed by atoms with van der Waals surface area (Å²) in [7, 11) is 2.09. The summed E-state index contributed by atoms with van der Waals surface area (Å²) in [4.78, 5) is 3.65. The number of hydrogen-bond acceptors (Lipinski definition) is 4. The van der Waals surface area contributed by atoms with Gasteiger partial charge in [-0.1, -0.05) is 17.7 Å². The van der Waals surface area contributed by atoms with E-state index in [9.17, 15) is 0 Å². The Morgan fingerprint density at radius 1 is 1.29 bits per heavy atom. The first-order valence-corrected chi connectivity index (χ1v) is 6.69. The molecule has 0 aliphatic carbocycles. The zero-order valence-electron chi connectivity index (χ0n) is 9.64. The van der Waals surface area contributed by atoms with Gasteiger partial charge < -0.3 is 4.90 Å². The van der Waals surface area contributed by atoms with Crippen LogP contribution in [-0.2, 0) is 13.0 Å². The van der Waals surface area contributed by atoms with Crippen LogP contribution in [0, 0.1) is 0 Å². The fraction of sp³-hybridized carbons (Fsp3) is 0.333. The summed E-state index contributed by atoms with van der Waals surface area (Å²) in [6, 6.07) is 7.94. The Kier molecular flexibility index (Phi) is 4.48. The van der Waals surface area contributed by atoms with Gasteiger partial charge in [0, 0.05) is 18.0 Å². The Balaban J connectivity index is 1.80. The molecule has 0 aromatic carbocycles. The molecule has 90 valence electrons. The Hall–Kier alpha value is -0.970. The molecular formula is C12H14ClN3S. The van der Waals surface area contributed by atoms with E-state index in [2.05, 4.69) is 39.7 Å². The maximum atomic E-state index is 5.69. The first-order chi connectivity index (χ1) is 8.24. The second-order valence-corrected chi connectivity index (χ2v) is 5.33. The molecule has 0 aliphatic rings. The van der Waals surface area contributed by atoms with Gasteiger partial charge in [0.25, 0.3) is 0 Å². The summed E-state index contributed by atoms with van der Waals surface area (Å²) in [5, 5.41) is 10.4. The van der Waals surface area contributed by atoms with Crippen molar-refractivity contribution in [3.05, 3.63) is 45.4 Å². The van der Waals surface area contributed by atoms with Crippen LogP contribution in [-0.4, -0.2) is 28.7 Å². The van der Waals surface area contributed by atoms with E-state index >= 15 is 0 Å². The molecule has 17 heavy (non-hydrogen) atoms. The number of hydrogen-bond donors (Lipinski definition) is 0. The molecule has 0 amide bonds. The van der Waals surface area contributed by atoms with Crippen LogP contribution in [0.25, 0.3) is 0 Å². The fourth-order valence-corrected chi connectivity index (χ4v) is 2.34. The second kappa shape index (κ2) is 6.10. The van der Waals surface area contributed by atoms with E-state index in [1.54, 1.807) is 17.4 Å². The lowest BCUT2D eigenvalue weighted by Crippen LogP contribution is -2.21. The molecule has 0 unspecified atom stereocenters. The Morgan fingerprint density at radius 3 is 2.82 bits per heavy atom. The van der Waals surface area contributed by atoms with Crippen molar-refractivity contribution in [2.45, 2.75) is 13.0 Å². The summed E-state index contributed by atoms with van der Waals surface area (Å²) in [5.74, 6) is 0. The highest BCUT2D eigenvalue weighted by Gasteiger charge is 2.03. The highest BCUT2D eigenvalue weighted by atomic mass is 35.5. The molecule has 0 fully saturated rings. The summed E-state index contributed by atoms with van der Waals surface area (Å²) in [6.07, 6.45) is 1.08. The molecule has 2 aromatic rings. The van der Waals surface area contributed by atoms with Gasteiger partial charge in [-0.3, -0.25) is 0 Å². The minimum Gasteiger partial charge on any atom is -0.300 e. The van der Waals surface area contributed by atoms with Crippen LogP contribution in [0.3, 0.4) is 0 Å². The van der Waals surface area contributed by atoms with Gasteiger partial charge in [0.1, 0.15) is 0 Å². The number of halogens is 1. The summed E-state index contributed by atoms with van der Waals surface area (Å²) in [5.41, 5.74) is 0.947. The lowest BCUT2D eigenvalue weighted by Gasteiger charge is -2.14. The molecule has 0 N–H and O–H groups in total. The van der Waals surface area contributed by atoms with Crippen LogP contribution >= 0.6 is 22.9 Å². The first kappa shape index (κ1) is 12.5. The van der Waals surface area contributed by atoms with E-state index < -0.39 is 0 Å². The van der Waals surface area contributed by atoms with Crippen LogP contribution < -0.4 is 0 Å². The van der Waals surface area contributed by atoms with E-state index in [0.717, 1.165) is 25.2 Å². The monoisotopic (exact) mass is 267 g/mol. The Bertz CT molecular complexity index is 441. The molecule has 0 saturated carbocycles. The number of rotatable bonds is 5. The van der Waals surface area contributed by atoms with Gasteiger partial charge in [-0.25, -0.2) is 0 Å². The van der Waals surface area contributed by atoms with E-state index in [-0.39, 0.29) is 0 Å². The van der Waals surface area contributed by atoms with E-state index in [1.807, 2.05) is 6.07 Å². The van der Waals surface area contributed by atoms with E-state index in [0.29, 0.717) is 5.15 Å². The Morgan fingerprint density at radius 2 is 2.18 bits per heavy atom. The van der Waals surface area contributed by atoms with Crippen LogP contribution in [0.1, 0.15) is 10.6 Å². The van der Waals surface area contributed by atoms with E-state index in [1.165, 1.54) is 4.88 Å². The van der Waals surface area contributed by atoms with Crippen molar-refractivity contribution in [2.24, 2.45) is 0 Å². The number of nitrogens with zero attached hydrogens (tertiary/aromatic N) is 3. The van der Waals surface area contributed by atoms with Gasteiger partial charge >= 0.3 is 0 Å². The van der Waals surface area contributed by atoms with Crippen molar-refractivity contribution in [1.29, 1.82) is 0 Å². The molecule has 2 rings (SSSR count). The van der Waals surface area contributed by atoms with Crippen LogP contribution in [0.15, 0.2) is 29.6 Å². The molecule has 0 spiro atoms. The predicted octanol–water partition coefficient (Wildman–Crippen LogP) is 2.87. The van der Waals surface area contributed by atoms with Crippen molar-refractivity contribution in [2.75, 3.05) is 13.6 Å². The molecular weight excluding hydrogens is 254 g/mol. The maximum Gasteiger partial charge on any atom is 0.151 e. The van der Waals surface area contributed by atoms with Crippen molar-refractivity contribution >= 4 is 22.9 Å². The van der Waals surface area contributed by atoms with Crippen molar-refractivity contribution in [3.63, 3.8) is 0 Å².